The second-order valence-corrected chi connectivity index (χ2v) is 25.9. The van der Waals surface area contributed by atoms with Crippen LogP contribution >= 0.6 is 0 Å². The van der Waals surface area contributed by atoms with E-state index in [0.29, 0.717) is 49.2 Å². The van der Waals surface area contributed by atoms with Crippen molar-refractivity contribution in [3.63, 3.8) is 0 Å². The second-order valence-electron chi connectivity index (χ2n) is 25.9. The van der Waals surface area contributed by atoms with Crippen molar-refractivity contribution in [2.24, 2.45) is 35.5 Å². The molecular weight excluding hydrogens is 1450 g/mol. The van der Waals surface area contributed by atoms with Crippen molar-refractivity contribution in [3.05, 3.63) is 98.2 Å². The van der Waals surface area contributed by atoms with Gasteiger partial charge in [0, 0.05) is 58.8 Å². The second kappa shape index (κ2) is 41.3. The lowest BCUT2D eigenvalue weighted by molar-refractivity contribution is -0.160. The lowest BCUT2D eigenvalue weighted by Crippen LogP contribution is -2.29. The van der Waals surface area contributed by atoms with Crippen LogP contribution in [0.2, 0.25) is 0 Å². The number of ether oxygens (including phenoxy) is 16. The van der Waals surface area contributed by atoms with Crippen molar-refractivity contribution in [1.29, 1.82) is 0 Å². The van der Waals surface area contributed by atoms with Crippen LogP contribution in [0.4, 0.5) is 17.6 Å². The van der Waals surface area contributed by atoms with E-state index in [0.717, 1.165) is 51.4 Å². The molecule has 108 heavy (non-hydrogen) atoms. The molecule has 0 bridgehead atoms. The standard InChI is InChI=1S/2C11H14O4.2C10H11FO4.2C8H10O4.2C7H7FO4/c1-6(2)10(12)15-9-4-3-7-8(9)5-14-11(7)13;1-6(2)10(12)15-9-7-4-3-5-8(7)14-11(9)13;1-5(11)9(12)15-8-3-2-6-7(8)4-14-10(6)13;1-5(11)9(12)15-8-6-3-2-4-7(6)14-10(8)13;1-5(2)8(10)12-6-3-7(9)11-4-6;1-5(2)7(9)12-6-3-4-11-8(6)10;1-4(8)7(10)12-5-2-6(9)11-3-5;1-4(8)6(9)12-5-2-3-11-7(5)10/h2*7-9H,1,3-5H2,2H3;2*6-8H,1-4H2;2*6H,1,3-4H2,2H3;2*5H,1-3H2. The Labute approximate surface area is 615 Å². The number of carbonyl (C=O) groups excluding carboxylic acids is 16. The van der Waals surface area contributed by atoms with Gasteiger partial charge in [-0.15, -0.1) is 0 Å². The van der Waals surface area contributed by atoms with Crippen LogP contribution in [-0.4, -0.2) is 196 Å². The van der Waals surface area contributed by atoms with Gasteiger partial charge < -0.3 is 75.8 Å². The summed E-state index contributed by atoms with van der Waals surface area (Å²) in [5.74, 6) is -14.7. The summed E-state index contributed by atoms with van der Waals surface area (Å²) < 4.78 is 125. The highest BCUT2D eigenvalue weighted by Gasteiger charge is 2.52. The number of fused-ring (bicyclic) bond motifs is 4. The van der Waals surface area contributed by atoms with E-state index < -0.39 is 138 Å². The Morgan fingerprint density at radius 2 is 0.639 bits per heavy atom. The summed E-state index contributed by atoms with van der Waals surface area (Å²) in [4.78, 5) is 175. The van der Waals surface area contributed by atoms with E-state index in [9.17, 15) is 94.3 Å². The van der Waals surface area contributed by atoms with Gasteiger partial charge in [-0.1, -0.05) is 52.6 Å². The van der Waals surface area contributed by atoms with Crippen LogP contribution in [0, 0.1) is 35.5 Å². The fourth-order valence-electron chi connectivity index (χ4n) is 11.9. The Balaban J connectivity index is 0.000000222. The van der Waals surface area contributed by atoms with Crippen LogP contribution in [-0.2, 0) is 153 Å². The minimum Gasteiger partial charge on any atom is -0.465 e. The number of hydrogen-bond acceptors (Lipinski definition) is 32. The Kier molecular flexibility index (Phi) is 33.6. The van der Waals surface area contributed by atoms with E-state index in [1.165, 1.54) is 6.92 Å². The van der Waals surface area contributed by atoms with Gasteiger partial charge in [-0.2, -0.15) is 17.6 Å². The zero-order chi connectivity index (χ0) is 80.5. The van der Waals surface area contributed by atoms with Crippen LogP contribution in [0.3, 0.4) is 0 Å². The molecule has 592 valence electrons. The summed E-state index contributed by atoms with van der Waals surface area (Å²) in [5, 5.41) is 0. The van der Waals surface area contributed by atoms with E-state index in [1.807, 2.05) is 0 Å². The average Bonchev–Trinajstić information content (AvgIpc) is 1.67. The van der Waals surface area contributed by atoms with Crippen LogP contribution < -0.4 is 0 Å². The Morgan fingerprint density at radius 3 is 0.991 bits per heavy atom. The summed E-state index contributed by atoms with van der Waals surface area (Å²) in [7, 11) is 0. The number of carbonyl (C=O) groups is 16. The van der Waals surface area contributed by atoms with Gasteiger partial charge in [0.2, 0.25) is 47.7 Å². The van der Waals surface area contributed by atoms with Gasteiger partial charge in [-0.25, -0.2) is 57.5 Å². The van der Waals surface area contributed by atoms with Crippen molar-refractivity contribution in [2.75, 3.05) is 39.6 Å². The number of rotatable bonds is 16. The highest BCUT2D eigenvalue weighted by molar-refractivity contribution is 5.93. The fraction of sp³-hybridized carbons (Fsp3) is 0.556. The van der Waals surface area contributed by atoms with E-state index in [4.69, 9.17) is 47.4 Å². The van der Waals surface area contributed by atoms with Crippen molar-refractivity contribution < 1.29 is 170 Å². The zero-order valence-corrected chi connectivity index (χ0v) is 59.6. The molecule has 12 aliphatic rings. The number of cyclic esters (lactones) is 6. The zero-order valence-electron chi connectivity index (χ0n) is 59.6. The van der Waals surface area contributed by atoms with Crippen LogP contribution in [0.25, 0.3) is 0 Å². The summed E-state index contributed by atoms with van der Waals surface area (Å²) in [6, 6.07) is 0. The van der Waals surface area contributed by atoms with Gasteiger partial charge in [-0.05, 0) is 91.9 Å². The van der Waals surface area contributed by atoms with Gasteiger partial charge in [0.15, 0.2) is 0 Å². The molecule has 0 aromatic heterocycles. The quantitative estimate of drug-likeness (QED) is 0.0759. The maximum absolute atomic E-state index is 12.4. The Morgan fingerprint density at radius 1 is 0.324 bits per heavy atom. The third-order valence-corrected chi connectivity index (χ3v) is 17.5. The molecule has 8 aliphatic heterocycles. The Bertz CT molecular complexity index is 3370. The van der Waals surface area contributed by atoms with Crippen molar-refractivity contribution in [1.82, 2.24) is 0 Å². The van der Waals surface area contributed by atoms with Crippen LogP contribution in [0.5, 0.6) is 0 Å². The molecular formula is C72H84F4O32. The third-order valence-electron chi connectivity index (χ3n) is 17.5. The molecule has 0 aromatic carbocycles. The summed E-state index contributed by atoms with van der Waals surface area (Å²) in [6.45, 7) is 32.6. The van der Waals surface area contributed by atoms with Crippen LogP contribution in [0.1, 0.15) is 118 Å². The van der Waals surface area contributed by atoms with Gasteiger partial charge >= 0.3 is 95.5 Å². The SMILES string of the molecule is C=C(C)C(=O)OC1C(=O)OC2CCCC21.C=C(C)C(=O)OC1CCC2C(=O)OCC12.C=C(C)C(=O)OC1CCOC1=O.C=C(C)C(=O)OC1COC(=O)C1.C=C(F)C(=O)OC1C(=O)OC2CCCC21.C=C(F)C(=O)OC1CCC2C(=O)OCC12.C=C(F)C(=O)OC1CCOC1=O.C=C(F)C(=O)OC1COC(=O)C1. The lowest BCUT2D eigenvalue weighted by Gasteiger charge is -2.16. The molecule has 0 spiro atoms. The normalized spacial score (nSPS) is 28.2. The molecule has 0 N–H and O–H groups in total. The molecule has 0 amide bonds. The fourth-order valence-corrected chi connectivity index (χ4v) is 11.9. The first-order valence-electron chi connectivity index (χ1n) is 33.8. The number of hydrogen-bond donors (Lipinski definition) is 0. The molecule has 12 rings (SSSR count). The summed E-state index contributed by atoms with van der Waals surface area (Å²) >= 11 is 0. The lowest BCUT2D eigenvalue weighted by atomic mass is 9.99. The molecule has 0 aromatic rings. The van der Waals surface area contributed by atoms with E-state index in [-0.39, 0.29) is 129 Å². The molecule has 4 aliphatic carbocycles. The first kappa shape index (κ1) is 87.8. The third kappa shape index (κ3) is 26.3. The largest absolute Gasteiger partial charge is 0.465 e. The van der Waals surface area contributed by atoms with Crippen LogP contribution in [0.15, 0.2) is 98.2 Å². The van der Waals surface area contributed by atoms with Gasteiger partial charge in [0.25, 0.3) is 0 Å². The van der Waals surface area contributed by atoms with Crippen molar-refractivity contribution in [2.45, 2.75) is 179 Å². The monoisotopic (exact) mass is 1540 g/mol. The highest BCUT2D eigenvalue weighted by Crippen LogP contribution is 2.42. The molecule has 16 atom stereocenters. The molecule has 8 saturated heterocycles. The maximum atomic E-state index is 12.4. The molecule has 36 heteroatoms. The maximum Gasteiger partial charge on any atom is 0.367 e. The summed E-state index contributed by atoms with van der Waals surface area (Å²) in [6.07, 6.45) is 3.67. The van der Waals surface area contributed by atoms with E-state index in [2.05, 4.69) is 81.1 Å². The molecule has 0 radical (unpaired) electrons. The van der Waals surface area contributed by atoms with Crippen molar-refractivity contribution in [3.8, 4) is 0 Å². The van der Waals surface area contributed by atoms with Crippen molar-refractivity contribution >= 4 is 95.5 Å². The number of esters is 16. The van der Waals surface area contributed by atoms with Gasteiger partial charge in [0.05, 0.1) is 51.1 Å². The average molecular weight is 1540 g/mol. The minimum absolute atomic E-state index is 0.00213. The van der Waals surface area contributed by atoms with Gasteiger partial charge in [-0.3, -0.25) is 19.2 Å². The Hall–Kier alpha value is -10.8. The molecule has 8 heterocycles. The number of halogens is 4. The van der Waals surface area contributed by atoms with E-state index in [1.54, 1.807) is 20.8 Å². The highest BCUT2D eigenvalue weighted by atomic mass is 19.1. The molecule has 32 nitrogen and oxygen atoms in total. The van der Waals surface area contributed by atoms with E-state index >= 15 is 0 Å². The molecule has 12 fully saturated rings. The van der Waals surface area contributed by atoms with Gasteiger partial charge in [0.1, 0.15) is 49.8 Å². The minimum atomic E-state index is -1.21. The molecule has 16 unspecified atom stereocenters. The summed E-state index contributed by atoms with van der Waals surface area (Å²) in [5.41, 5.74) is 1.32. The predicted molar refractivity (Wildman–Crippen MR) is 350 cm³/mol. The smallest absolute Gasteiger partial charge is 0.367 e. The predicted octanol–water partition coefficient (Wildman–Crippen LogP) is 5.83. The molecule has 4 saturated carbocycles. The first-order valence-corrected chi connectivity index (χ1v) is 33.8. The topological polar surface area (TPSA) is 421 Å². The first-order chi connectivity index (χ1) is 50.8.